The number of fused-ring (bicyclic) bond motifs is 3. The van der Waals surface area contributed by atoms with Crippen molar-refractivity contribution in [2.24, 2.45) is 0 Å². The number of nitrogens with one attached hydrogen (secondary N) is 1. The fourth-order valence-electron chi connectivity index (χ4n) is 3.84. The van der Waals surface area contributed by atoms with Crippen LogP contribution >= 0.6 is 0 Å². The van der Waals surface area contributed by atoms with Crippen molar-refractivity contribution in [3.63, 3.8) is 0 Å². The summed E-state index contributed by atoms with van der Waals surface area (Å²) in [6.45, 7) is 3.45. The van der Waals surface area contributed by atoms with Gasteiger partial charge >= 0.3 is 0 Å². The van der Waals surface area contributed by atoms with Crippen molar-refractivity contribution >= 4 is 16.8 Å². The van der Waals surface area contributed by atoms with Crippen LogP contribution in [0.3, 0.4) is 0 Å². The van der Waals surface area contributed by atoms with E-state index in [1.165, 1.54) is 22.2 Å². The summed E-state index contributed by atoms with van der Waals surface area (Å²) in [4.78, 5) is 18.5. The van der Waals surface area contributed by atoms with Gasteiger partial charge in [0.2, 0.25) is 0 Å². The molecule has 0 fully saturated rings. The van der Waals surface area contributed by atoms with Crippen molar-refractivity contribution in [1.82, 2.24) is 19.7 Å². The zero-order valence-electron chi connectivity index (χ0n) is 15.1. The molecule has 1 amide bonds. The molecule has 27 heavy (non-hydrogen) atoms. The Morgan fingerprint density at radius 3 is 2.85 bits per heavy atom. The van der Waals surface area contributed by atoms with Crippen LogP contribution in [0.15, 0.2) is 60.9 Å². The second-order valence-electron chi connectivity index (χ2n) is 7.12. The summed E-state index contributed by atoms with van der Waals surface area (Å²) in [5.41, 5.74) is 6.44. The number of H-pyrrole nitrogens is 1. The van der Waals surface area contributed by atoms with Gasteiger partial charge in [-0.2, -0.15) is 5.10 Å². The van der Waals surface area contributed by atoms with Crippen molar-refractivity contribution in [2.75, 3.05) is 6.54 Å². The van der Waals surface area contributed by atoms with Crippen LogP contribution in [0.4, 0.5) is 0 Å². The normalized spacial score (nSPS) is 13.7. The maximum absolute atomic E-state index is 13.0. The Kier molecular flexibility index (Phi) is 3.60. The number of carbonyl (C=O) groups is 1. The van der Waals surface area contributed by atoms with Crippen molar-refractivity contribution in [2.45, 2.75) is 19.9 Å². The summed E-state index contributed by atoms with van der Waals surface area (Å²) < 4.78 is 1.75. The standard InChI is InChI=1S/C22H20N4O/c1-15-7-8-20-18(11-15)19-14-25(10-9-21(19)24-20)22(27)16-12-23-26(13-16)17-5-3-2-4-6-17/h2-8,11-13,24H,9-10,14H2,1H3. The summed E-state index contributed by atoms with van der Waals surface area (Å²) in [6.07, 6.45) is 4.32. The molecule has 0 saturated carbocycles. The van der Waals surface area contributed by atoms with E-state index in [1.54, 1.807) is 10.9 Å². The van der Waals surface area contributed by atoms with Crippen LogP contribution in [0.25, 0.3) is 16.6 Å². The van der Waals surface area contributed by atoms with E-state index in [-0.39, 0.29) is 5.91 Å². The van der Waals surface area contributed by atoms with Gasteiger partial charge in [-0.1, -0.05) is 29.8 Å². The topological polar surface area (TPSA) is 53.9 Å². The first-order valence-corrected chi connectivity index (χ1v) is 9.18. The number of rotatable bonds is 2. The molecular weight excluding hydrogens is 336 g/mol. The lowest BCUT2D eigenvalue weighted by Crippen LogP contribution is -2.35. The van der Waals surface area contributed by atoms with Crippen molar-refractivity contribution in [1.29, 1.82) is 0 Å². The van der Waals surface area contributed by atoms with Gasteiger partial charge in [-0.25, -0.2) is 4.68 Å². The summed E-state index contributed by atoms with van der Waals surface area (Å²) >= 11 is 0. The highest BCUT2D eigenvalue weighted by Crippen LogP contribution is 2.29. The van der Waals surface area contributed by atoms with Crippen LogP contribution in [0.5, 0.6) is 0 Å². The smallest absolute Gasteiger partial charge is 0.257 e. The molecule has 1 N–H and O–H groups in total. The quantitative estimate of drug-likeness (QED) is 0.593. The van der Waals surface area contributed by atoms with Gasteiger partial charge in [-0.05, 0) is 31.2 Å². The Morgan fingerprint density at radius 1 is 1.15 bits per heavy atom. The zero-order valence-corrected chi connectivity index (χ0v) is 15.1. The number of amides is 1. The van der Waals surface area contributed by atoms with E-state index in [0.717, 1.165) is 17.6 Å². The van der Waals surface area contributed by atoms with Crippen molar-refractivity contribution in [3.05, 3.63) is 83.3 Å². The summed E-state index contributed by atoms with van der Waals surface area (Å²) in [6, 6.07) is 16.3. The number of para-hydroxylation sites is 1. The minimum absolute atomic E-state index is 0.0323. The zero-order chi connectivity index (χ0) is 18.4. The maximum atomic E-state index is 13.0. The van der Waals surface area contributed by atoms with Crippen molar-refractivity contribution in [3.8, 4) is 5.69 Å². The van der Waals surface area contributed by atoms with Crippen LogP contribution in [0.1, 0.15) is 27.2 Å². The third kappa shape index (κ3) is 2.72. The summed E-state index contributed by atoms with van der Waals surface area (Å²) in [5.74, 6) is 0.0323. The van der Waals surface area contributed by atoms with Crippen molar-refractivity contribution < 1.29 is 4.79 Å². The third-order valence-corrected chi connectivity index (χ3v) is 5.27. The first-order chi connectivity index (χ1) is 13.2. The molecule has 2 aromatic heterocycles. The Balaban J connectivity index is 1.43. The molecule has 5 nitrogen and oxygen atoms in total. The van der Waals surface area contributed by atoms with E-state index in [9.17, 15) is 4.79 Å². The monoisotopic (exact) mass is 356 g/mol. The molecule has 1 aliphatic rings. The lowest BCUT2D eigenvalue weighted by atomic mass is 10.0. The molecule has 0 spiro atoms. The van der Waals surface area contributed by atoms with Gasteiger partial charge in [0.25, 0.3) is 5.91 Å². The van der Waals surface area contributed by atoms with E-state index in [2.05, 4.69) is 35.2 Å². The Hall–Kier alpha value is -3.34. The average molecular weight is 356 g/mol. The number of hydrogen-bond acceptors (Lipinski definition) is 2. The molecule has 1 aliphatic heterocycles. The Labute approximate surface area is 157 Å². The average Bonchev–Trinajstić information content (AvgIpc) is 3.33. The molecule has 4 aromatic rings. The third-order valence-electron chi connectivity index (χ3n) is 5.27. The summed E-state index contributed by atoms with van der Waals surface area (Å²) in [7, 11) is 0. The van der Waals surface area contributed by atoms with E-state index in [1.807, 2.05) is 41.4 Å². The molecule has 5 rings (SSSR count). The number of hydrogen-bond donors (Lipinski definition) is 1. The fraction of sp³-hybridized carbons (Fsp3) is 0.182. The predicted octanol–water partition coefficient (Wildman–Crippen LogP) is 3.86. The molecule has 3 heterocycles. The highest BCUT2D eigenvalue weighted by Gasteiger charge is 2.25. The molecule has 0 saturated heterocycles. The van der Waals surface area contributed by atoms with Gasteiger partial charge in [0, 0.05) is 47.9 Å². The second-order valence-corrected chi connectivity index (χ2v) is 7.12. The Morgan fingerprint density at radius 2 is 2.00 bits per heavy atom. The largest absolute Gasteiger partial charge is 0.358 e. The second kappa shape index (κ2) is 6.13. The van der Waals surface area contributed by atoms with Gasteiger partial charge in [0.15, 0.2) is 0 Å². The van der Waals surface area contributed by atoms with Gasteiger partial charge < -0.3 is 9.88 Å². The maximum Gasteiger partial charge on any atom is 0.257 e. The number of carbonyl (C=O) groups excluding carboxylic acids is 1. The highest BCUT2D eigenvalue weighted by atomic mass is 16.2. The summed E-state index contributed by atoms with van der Waals surface area (Å²) in [5, 5.41) is 5.59. The molecule has 0 atom stereocenters. The molecule has 2 aromatic carbocycles. The molecule has 0 bridgehead atoms. The number of aromatic amines is 1. The van der Waals surface area contributed by atoms with Gasteiger partial charge in [-0.3, -0.25) is 4.79 Å². The van der Waals surface area contributed by atoms with E-state index in [0.29, 0.717) is 18.7 Å². The Bertz CT molecular complexity index is 1140. The SMILES string of the molecule is Cc1ccc2[nH]c3c(c2c1)CN(C(=O)c1cnn(-c2ccccc2)c1)CC3. The number of nitrogens with zero attached hydrogens (tertiary/aromatic N) is 3. The number of aromatic nitrogens is 3. The minimum Gasteiger partial charge on any atom is -0.358 e. The molecule has 0 radical (unpaired) electrons. The number of aryl methyl sites for hydroxylation is 1. The number of benzene rings is 2. The predicted molar refractivity (Wildman–Crippen MR) is 105 cm³/mol. The van der Waals surface area contributed by atoms with Crippen LogP contribution in [0.2, 0.25) is 0 Å². The first-order valence-electron chi connectivity index (χ1n) is 9.18. The molecule has 0 unspecified atom stereocenters. The lowest BCUT2D eigenvalue weighted by Gasteiger charge is -2.27. The van der Waals surface area contributed by atoms with Crippen LogP contribution < -0.4 is 0 Å². The lowest BCUT2D eigenvalue weighted by molar-refractivity contribution is 0.0735. The van der Waals surface area contributed by atoms with Gasteiger partial charge in [-0.15, -0.1) is 0 Å². The van der Waals surface area contributed by atoms with Gasteiger partial charge in [0.05, 0.1) is 17.4 Å². The molecule has 5 heteroatoms. The van der Waals surface area contributed by atoms with Crippen LogP contribution in [-0.2, 0) is 13.0 Å². The van der Waals surface area contributed by atoms with Crippen LogP contribution in [0, 0.1) is 6.92 Å². The minimum atomic E-state index is 0.0323. The van der Waals surface area contributed by atoms with E-state index in [4.69, 9.17) is 0 Å². The van der Waals surface area contributed by atoms with E-state index >= 15 is 0 Å². The molecule has 0 aliphatic carbocycles. The highest BCUT2D eigenvalue weighted by molar-refractivity contribution is 5.94. The van der Waals surface area contributed by atoms with Crippen LogP contribution in [-0.4, -0.2) is 32.1 Å². The molecular formula is C22H20N4O. The fourth-order valence-corrected chi connectivity index (χ4v) is 3.84. The van der Waals surface area contributed by atoms with E-state index < -0.39 is 0 Å². The first kappa shape index (κ1) is 15.9. The molecule has 134 valence electrons. The van der Waals surface area contributed by atoms with Gasteiger partial charge in [0.1, 0.15) is 0 Å².